The van der Waals surface area contributed by atoms with E-state index in [2.05, 4.69) is 15.8 Å². The molecule has 8 nitrogen and oxygen atoms in total. The Bertz CT molecular complexity index is 1190. The van der Waals surface area contributed by atoms with Gasteiger partial charge in [0.1, 0.15) is 18.3 Å². The fourth-order valence-corrected chi connectivity index (χ4v) is 3.15. The molecule has 36 heavy (non-hydrogen) atoms. The van der Waals surface area contributed by atoms with Crippen molar-refractivity contribution in [3.63, 3.8) is 0 Å². The molecule has 0 saturated carbocycles. The minimum absolute atomic E-state index is 0.417. The molecule has 0 heterocycles. The van der Waals surface area contributed by atoms with Gasteiger partial charge in [-0.3, -0.25) is 9.59 Å². The molecular formula is C28H31N3O5. The molecule has 0 bridgehead atoms. The van der Waals surface area contributed by atoms with Crippen molar-refractivity contribution in [1.82, 2.24) is 5.43 Å². The standard InChI is InChI=1S/C28H31N3O5/c1-5-35-26-16-22(10-15-25(26)36-18-21-8-6-19(2)7-9-21)17-29-31-28(33)20(3)27(32)30-23-11-13-24(34-4)14-12-23/h6-17,20H,5,18H2,1-4H3,(H,30,32)(H,31,33). The molecule has 0 fully saturated rings. The lowest BCUT2D eigenvalue weighted by Gasteiger charge is -2.13. The number of carbonyl (C=O) groups is 2. The van der Waals surface area contributed by atoms with Crippen LogP contribution in [0.3, 0.4) is 0 Å². The molecule has 1 unspecified atom stereocenters. The van der Waals surface area contributed by atoms with Crippen LogP contribution in [0, 0.1) is 12.8 Å². The SMILES string of the molecule is CCOc1cc(C=NNC(=O)C(C)C(=O)Nc2ccc(OC)cc2)ccc1OCc1ccc(C)cc1. The molecule has 3 aromatic carbocycles. The highest BCUT2D eigenvalue weighted by Crippen LogP contribution is 2.29. The van der Waals surface area contributed by atoms with Crippen LogP contribution in [0.1, 0.15) is 30.5 Å². The number of benzene rings is 3. The Morgan fingerprint density at radius 3 is 2.33 bits per heavy atom. The van der Waals surface area contributed by atoms with Gasteiger partial charge in [-0.25, -0.2) is 5.43 Å². The zero-order valence-electron chi connectivity index (χ0n) is 20.9. The zero-order chi connectivity index (χ0) is 25.9. The van der Waals surface area contributed by atoms with Gasteiger partial charge in [-0.1, -0.05) is 29.8 Å². The fraction of sp³-hybridized carbons (Fsp3) is 0.250. The summed E-state index contributed by atoms with van der Waals surface area (Å²) < 4.78 is 16.8. The maximum absolute atomic E-state index is 12.4. The van der Waals surface area contributed by atoms with Gasteiger partial charge in [0.05, 0.1) is 19.9 Å². The molecule has 1 atom stereocenters. The topological polar surface area (TPSA) is 98.2 Å². The van der Waals surface area contributed by atoms with Crippen molar-refractivity contribution in [2.45, 2.75) is 27.4 Å². The maximum atomic E-state index is 12.4. The number of carbonyl (C=O) groups excluding carboxylic acids is 2. The number of aryl methyl sites for hydroxylation is 1. The first kappa shape index (κ1) is 26.3. The van der Waals surface area contributed by atoms with Gasteiger partial charge in [-0.15, -0.1) is 0 Å². The highest BCUT2D eigenvalue weighted by Gasteiger charge is 2.21. The summed E-state index contributed by atoms with van der Waals surface area (Å²) in [6, 6.07) is 20.4. The van der Waals surface area contributed by atoms with Crippen LogP contribution in [0.25, 0.3) is 0 Å². The van der Waals surface area contributed by atoms with Crippen LogP contribution >= 0.6 is 0 Å². The van der Waals surface area contributed by atoms with Crippen LogP contribution in [0.15, 0.2) is 71.8 Å². The molecule has 0 spiro atoms. The minimum atomic E-state index is -0.944. The van der Waals surface area contributed by atoms with Crippen LogP contribution in [0.4, 0.5) is 5.69 Å². The molecule has 0 aromatic heterocycles. The van der Waals surface area contributed by atoms with Gasteiger partial charge in [-0.2, -0.15) is 5.10 Å². The Hall–Kier alpha value is -4.33. The van der Waals surface area contributed by atoms with Gasteiger partial charge in [0.25, 0.3) is 5.91 Å². The number of anilines is 1. The first-order chi connectivity index (χ1) is 17.4. The van der Waals surface area contributed by atoms with Crippen molar-refractivity contribution in [3.8, 4) is 17.2 Å². The molecule has 2 amide bonds. The lowest BCUT2D eigenvalue weighted by molar-refractivity contribution is -0.131. The molecule has 3 aromatic rings. The van der Waals surface area contributed by atoms with Gasteiger partial charge in [0, 0.05) is 5.69 Å². The molecule has 0 saturated heterocycles. The first-order valence-corrected chi connectivity index (χ1v) is 11.6. The van der Waals surface area contributed by atoms with Gasteiger partial charge in [0.15, 0.2) is 11.5 Å². The molecule has 0 aliphatic heterocycles. The van der Waals surface area contributed by atoms with Crippen molar-refractivity contribution >= 4 is 23.7 Å². The highest BCUT2D eigenvalue weighted by atomic mass is 16.5. The van der Waals surface area contributed by atoms with Crippen LogP contribution in [-0.2, 0) is 16.2 Å². The van der Waals surface area contributed by atoms with Crippen LogP contribution < -0.4 is 25.0 Å². The lowest BCUT2D eigenvalue weighted by Crippen LogP contribution is -2.34. The summed E-state index contributed by atoms with van der Waals surface area (Å²) >= 11 is 0. The smallest absolute Gasteiger partial charge is 0.252 e. The summed E-state index contributed by atoms with van der Waals surface area (Å²) in [6.45, 7) is 6.33. The molecule has 188 valence electrons. The predicted octanol–water partition coefficient (Wildman–Crippen LogP) is 4.71. The van der Waals surface area contributed by atoms with E-state index in [0.29, 0.717) is 41.7 Å². The highest BCUT2D eigenvalue weighted by molar-refractivity contribution is 6.06. The molecule has 0 aliphatic rings. The number of nitrogens with one attached hydrogen (secondary N) is 2. The number of hydrazone groups is 1. The van der Waals surface area contributed by atoms with Crippen molar-refractivity contribution in [2.75, 3.05) is 19.0 Å². The second kappa shape index (κ2) is 12.9. The van der Waals surface area contributed by atoms with Crippen LogP contribution in [-0.4, -0.2) is 31.7 Å². The zero-order valence-corrected chi connectivity index (χ0v) is 20.9. The first-order valence-electron chi connectivity index (χ1n) is 11.6. The van der Waals surface area contributed by atoms with Crippen molar-refractivity contribution < 1.29 is 23.8 Å². The van der Waals surface area contributed by atoms with E-state index in [4.69, 9.17) is 14.2 Å². The lowest BCUT2D eigenvalue weighted by atomic mass is 10.1. The van der Waals surface area contributed by atoms with Gasteiger partial charge in [-0.05, 0) is 74.4 Å². The Morgan fingerprint density at radius 2 is 1.67 bits per heavy atom. The Morgan fingerprint density at radius 1 is 0.944 bits per heavy atom. The molecule has 8 heteroatoms. The van der Waals surface area contributed by atoms with E-state index in [-0.39, 0.29) is 0 Å². The second-order valence-corrected chi connectivity index (χ2v) is 8.09. The van der Waals surface area contributed by atoms with Gasteiger partial charge in [0.2, 0.25) is 5.91 Å². The maximum Gasteiger partial charge on any atom is 0.252 e. The summed E-state index contributed by atoms with van der Waals surface area (Å²) in [5.41, 5.74) is 5.93. The number of hydrogen-bond acceptors (Lipinski definition) is 6. The molecule has 2 N–H and O–H groups in total. The van der Waals surface area contributed by atoms with Crippen molar-refractivity contribution in [1.29, 1.82) is 0 Å². The van der Waals surface area contributed by atoms with Crippen molar-refractivity contribution in [2.24, 2.45) is 11.0 Å². The third kappa shape index (κ3) is 7.59. The average Bonchev–Trinajstić information content (AvgIpc) is 2.89. The summed E-state index contributed by atoms with van der Waals surface area (Å²) in [6.07, 6.45) is 1.48. The third-order valence-corrected chi connectivity index (χ3v) is 5.32. The number of rotatable bonds is 11. The second-order valence-electron chi connectivity index (χ2n) is 8.09. The molecule has 0 aliphatic carbocycles. The monoisotopic (exact) mass is 489 g/mol. The minimum Gasteiger partial charge on any atom is -0.497 e. The van der Waals surface area contributed by atoms with E-state index in [9.17, 15) is 9.59 Å². The van der Waals surface area contributed by atoms with Crippen LogP contribution in [0.2, 0.25) is 0 Å². The van der Waals surface area contributed by atoms with Crippen LogP contribution in [0.5, 0.6) is 17.2 Å². The number of ether oxygens (including phenoxy) is 3. The number of methoxy groups -OCH3 is 1. The van der Waals surface area contributed by atoms with Gasteiger partial charge < -0.3 is 19.5 Å². The van der Waals surface area contributed by atoms with E-state index >= 15 is 0 Å². The van der Waals surface area contributed by atoms with E-state index < -0.39 is 17.7 Å². The van der Waals surface area contributed by atoms with E-state index in [1.54, 1.807) is 43.5 Å². The van der Waals surface area contributed by atoms with E-state index in [0.717, 1.165) is 5.56 Å². The number of hydrogen-bond donors (Lipinski definition) is 2. The number of nitrogens with zero attached hydrogens (tertiary/aromatic N) is 1. The average molecular weight is 490 g/mol. The third-order valence-electron chi connectivity index (χ3n) is 5.32. The summed E-state index contributed by atoms with van der Waals surface area (Å²) in [7, 11) is 1.56. The summed E-state index contributed by atoms with van der Waals surface area (Å²) in [4.78, 5) is 24.8. The number of amides is 2. The predicted molar refractivity (Wildman–Crippen MR) is 140 cm³/mol. The summed E-state index contributed by atoms with van der Waals surface area (Å²) in [5, 5.41) is 6.69. The summed E-state index contributed by atoms with van der Waals surface area (Å²) in [5.74, 6) is -0.0521. The Labute approximate surface area is 211 Å². The molecular weight excluding hydrogens is 458 g/mol. The normalized spacial score (nSPS) is 11.6. The Balaban J connectivity index is 1.56. The largest absolute Gasteiger partial charge is 0.497 e. The quantitative estimate of drug-likeness (QED) is 0.231. The molecule has 0 radical (unpaired) electrons. The Kier molecular flexibility index (Phi) is 9.45. The van der Waals surface area contributed by atoms with E-state index in [1.807, 2.05) is 44.2 Å². The molecule has 3 rings (SSSR count). The fourth-order valence-electron chi connectivity index (χ4n) is 3.15. The van der Waals surface area contributed by atoms with E-state index in [1.165, 1.54) is 18.7 Å². The van der Waals surface area contributed by atoms with Crippen molar-refractivity contribution in [3.05, 3.63) is 83.4 Å². The van der Waals surface area contributed by atoms with Gasteiger partial charge >= 0.3 is 0 Å².